The van der Waals surface area contributed by atoms with Crippen LogP contribution in [0.2, 0.25) is 5.02 Å². The molecule has 1 aromatic heterocycles. The number of aromatic nitrogens is 2. The molecule has 7 heteroatoms. The highest BCUT2D eigenvalue weighted by Crippen LogP contribution is 2.26. The van der Waals surface area contributed by atoms with Gasteiger partial charge in [-0.1, -0.05) is 27.5 Å². The Hall–Kier alpha value is -1.37. The highest BCUT2D eigenvalue weighted by molar-refractivity contribution is 9.10. The van der Waals surface area contributed by atoms with Gasteiger partial charge in [-0.2, -0.15) is 5.10 Å². The van der Waals surface area contributed by atoms with Gasteiger partial charge in [0.15, 0.2) is 0 Å². The van der Waals surface area contributed by atoms with Gasteiger partial charge in [-0.3, -0.25) is 9.48 Å². The van der Waals surface area contributed by atoms with E-state index in [0.29, 0.717) is 16.3 Å². The Balaban J connectivity index is 2.12. The lowest BCUT2D eigenvalue weighted by Crippen LogP contribution is -2.27. The van der Waals surface area contributed by atoms with Crippen molar-refractivity contribution in [3.63, 3.8) is 0 Å². The van der Waals surface area contributed by atoms with Gasteiger partial charge < -0.3 is 11.1 Å². The number of benzene rings is 1. The number of nitrogens with one attached hydrogen (secondary N) is 1. The minimum Gasteiger partial charge on any atom is -0.323 e. The number of nitrogens with zero attached hydrogens (tertiary/aromatic N) is 2. The number of hydrogen-bond donors (Lipinski definition) is 2. The van der Waals surface area contributed by atoms with E-state index in [-0.39, 0.29) is 5.91 Å². The number of nitrogens with two attached hydrogens (primary N) is 1. The van der Waals surface area contributed by atoms with E-state index < -0.39 is 6.04 Å². The summed E-state index contributed by atoms with van der Waals surface area (Å²) in [4.78, 5) is 12.0. The van der Waals surface area contributed by atoms with Crippen molar-refractivity contribution < 1.29 is 4.79 Å². The molecule has 2 rings (SSSR count). The first-order valence-corrected chi connectivity index (χ1v) is 6.64. The number of halogens is 2. The molecule has 1 aromatic carbocycles. The molecule has 0 bridgehead atoms. The summed E-state index contributed by atoms with van der Waals surface area (Å²) in [6.45, 7) is 0. The SMILES string of the molecule is Cn1cc(C(N)C(=O)Nc2ccc(Br)cc2Cl)cn1. The van der Waals surface area contributed by atoms with Gasteiger partial charge in [-0.05, 0) is 18.2 Å². The lowest BCUT2D eigenvalue weighted by atomic mass is 10.1. The first-order valence-electron chi connectivity index (χ1n) is 5.47. The van der Waals surface area contributed by atoms with Gasteiger partial charge in [0, 0.05) is 23.3 Å². The Labute approximate surface area is 123 Å². The molecule has 0 saturated carbocycles. The van der Waals surface area contributed by atoms with Crippen molar-refractivity contribution >= 4 is 39.1 Å². The van der Waals surface area contributed by atoms with Crippen LogP contribution in [0.1, 0.15) is 11.6 Å². The van der Waals surface area contributed by atoms with Gasteiger partial charge in [-0.25, -0.2) is 0 Å². The minimum absolute atomic E-state index is 0.336. The van der Waals surface area contributed by atoms with Crippen molar-refractivity contribution in [2.75, 3.05) is 5.32 Å². The van der Waals surface area contributed by atoms with Gasteiger partial charge in [0.2, 0.25) is 5.91 Å². The summed E-state index contributed by atoms with van der Waals surface area (Å²) in [5.74, 6) is -0.336. The third-order valence-electron chi connectivity index (χ3n) is 2.56. The highest BCUT2D eigenvalue weighted by Gasteiger charge is 2.18. The average Bonchev–Trinajstić information content (AvgIpc) is 2.78. The fourth-order valence-corrected chi connectivity index (χ4v) is 2.27. The Bertz CT molecular complexity index is 614. The average molecular weight is 344 g/mol. The number of anilines is 1. The topological polar surface area (TPSA) is 72.9 Å². The van der Waals surface area contributed by atoms with E-state index in [1.807, 2.05) is 0 Å². The van der Waals surface area contributed by atoms with Crippen LogP contribution in [0.15, 0.2) is 35.1 Å². The molecule has 100 valence electrons. The van der Waals surface area contributed by atoms with Crippen LogP contribution in [0, 0.1) is 0 Å². The molecular formula is C12H12BrClN4O. The molecule has 3 N–H and O–H groups in total. The fourth-order valence-electron chi connectivity index (χ4n) is 1.55. The first-order chi connectivity index (χ1) is 8.97. The quantitative estimate of drug-likeness (QED) is 0.899. The van der Waals surface area contributed by atoms with Crippen LogP contribution in [-0.2, 0) is 11.8 Å². The van der Waals surface area contributed by atoms with Crippen molar-refractivity contribution in [2.45, 2.75) is 6.04 Å². The number of amides is 1. The van der Waals surface area contributed by atoms with E-state index in [1.165, 1.54) is 0 Å². The largest absolute Gasteiger partial charge is 0.323 e. The predicted octanol–water partition coefficient (Wildman–Crippen LogP) is 2.47. The molecule has 0 aliphatic rings. The Kier molecular flexibility index (Phi) is 4.24. The number of carbonyl (C=O) groups excluding carboxylic acids is 1. The van der Waals surface area contributed by atoms with E-state index >= 15 is 0 Å². The Morgan fingerprint density at radius 1 is 1.58 bits per heavy atom. The van der Waals surface area contributed by atoms with E-state index in [4.69, 9.17) is 17.3 Å². The summed E-state index contributed by atoms with van der Waals surface area (Å²) in [5.41, 5.74) is 7.03. The lowest BCUT2D eigenvalue weighted by Gasteiger charge is -2.11. The second-order valence-corrected chi connectivity index (χ2v) is 5.36. The zero-order chi connectivity index (χ0) is 14.0. The van der Waals surface area contributed by atoms with Crippen molar-refractivity contribution in [1.82, 2.24) is 9.78 Å². The summed E-state index contributed by atoms with van der Waals surface area (Å²) in [6.07, 6.45) is 3.26. The first kappa shape index (κ1) is 14.0. The molecule has 0 aliphatic carbocycles. The molecule has 0 saturated heterocycles. The van der Waals surface area contributed by atoms with Crippen molar-refractivity contribution in [2.24, 2.45) is 12.8 Å². The maximum atomic E-state index is 12.0. The highest BCUT2D eigenvalue weighted by atomic mass is 79.9. The van der Waals surface area contributed by atoms with Crippen LogP contribution in [0.5, 0.6) is 0 Å². The van der Waals surface area contributed by atoms with Crippen LogP contribution >= 0.6 is 27.5 Å². The molecule has 1 atom stereocenters. The minimum atomic E-state index is -0.784. The van der Waals surface area contributed by atoms with Crippen LogP contribution < -0.4 is 11.1 Å². The molecule has 0 fully saturated rings. The smallest absolute Gasteiger partial charge is 0.246 e. The summed E-state index contributed by atoms with van der Waals surface area (Å²) in [5, 5.41) is 7.12. The summed E-state index contributed by atoms with van der Waals surface area (Å²) >= 11 is 9.32. The Morgan fingerprint density at radius 3 is 2.89 bits per heavy atom. The second kappa shape index (κ2) is 5.73. The maximum Gasteiger partial charge on any atom is 0.246 e. The normalized spacial score (nSPS) is 12.2. The molecule has 19 heavy (non-hydrogen) atoms. The van der Waals surface area contributed by atoms with Gasteiger partial charge in [0.05, 0.1) is 16.9 Å². The zero-order valence-electron chi connectivity index (χ0n) is 10.1. The number of hydrogen-bond acceptors (Lipinski definition) is 3. The van der Waals surface area contributed by atoms with E-state index in [1.54, 1.807) is 42.3 Å². The van der Waals surface area contributed by atoms with Crippen LogP contribution in [-0.4, -0.2) is 15.7 Å². The van der Waals surface area contributed by atoms with Crippen molar-refractivity contribution in [3.05, 3.63) is 45.7 Å². The molecule has 1 amide bonds. The molecule has 0 radical (unpaired) electrons. The fraction of sp³-hybridized carbons (Fsp3) is 0.167. The third kappa shape index (κ3) is 3.34. The molecular weight excluding hydrogens is 332 g/mol. The van der Waals surface area contributed by atoms with Gasteiger partial charge in [0.25, 0.3) is 0 Å². The van der Waals surface area contributed by atoms with E-state index in [9.17, 15) is 4.79 Å². The van der Waals surface area contributed by atoms with Crippen molar-refractivity contribution in [3.8, 4) is 0 Å². The summed E-state index contributed by atoms with van der Waals surface area (Å²) in [7, 11) is 1.76. The number of rotatable bonds is 3. The number of carbonyl (C=O) groups is 1. The number of aryl methyl sites for hydroxylation is 1. The van der Waals surface area contributed by atoms with Crippen LogP contribution in [0.4, 0.5) is 5.69 Å². The van der Waals surface area contributed by atoms with Gasteiger partial charge in [-0.15, -0.1) is 0 Å². The van der Waals surface area contributed by atoms with Crippen molar-refractivity contribution in [1.29, 1.82) is 0 Å². The van der Waals surface area contributed by atoms with Gasteiger partial charge >= 0.3 is 0 Å². The molecule has 1 unspecified atom stereocenters. The molecule has 1 heterocycles. The molecule has 0 aliphatic heterocycles. The van der Waals surface area contributed by atoms with E-state index in [2.05, 4.69) is 26.3 Å². The van der Waals surface area contributed by atoms with E-state index in [0.717, 1.165) is 4.47 Å². The van der Waals surface area contributed by atoms with Crippen LogP contribution in [0.25, 0.3) is 0 Å². The Morgan fingerprint density at radius 2 is 2.32 bits per heavy atom. The van der Waals surface area contributed by atoms with Crippen LogP contribution in [0.3, 0.4) is 0 Å². The molecule has 2 aromatic rings. The molecule has 5 nitrogen and oxygen atoms in total. The third-order valence-corrected chi connectivity index (χ3v) is 3.36. The van der Waals surface area contributed by atoms with Gasteiger partial charge in [0.1, 0.15) is 6.04 Å². The molecule has 0 spiro atoms. The second-order valence-electron chi connectivity index (χ2n) is 4.04. The monoisotopic (exact) mass is 342 g/mol. The lowest BCUT2D eigenvalue weighted by molar-refractivity contribution is -0.117. The maximum absolute atomic E-state index is 12.0. The predicted molar refractivity (Wildman–Crippen MR) is 77.9 cm³/mol. The standard InChI is InChI=1S/C12H12BrClN4O/c1-18-6-7(5-16-18)11(15)12(19)17-10-3-2-8(13)4-9(10)14/h2-6,11H,15H2,1H3,(H,17,19). The zero-order valence-corrected chi connectivity index (χ0v) is 12.4. The summed E-state index contributed by atoms with van der Waals surface area (Å²) < 4.78 is 2.43. The summed E-state index contributed by atoms with van der Waals surface area (Å²) in [6, 6.07) is 4.41.